The number of phenolic OH excluding ortho intramolecular Hbond substituents is 1. The average Bonchev–Trinajstić information content (AvgIpc) is 2.08. The van der Waals surface area contributed by atoms with Gasteiger partial charge in [-0.05, 0) is 17.7 Å². The highest BCUT2D eigenvalue weighted by atomic mass is 16.3. The van der Waals surface area contributed by atoms with Crippen molar-refractivity contribution in [3.63, 3.8) is 0 Å². The number of carbonyl (C=O) groups is 1. The Labute approximate surface area is 75.6 Å². The van der Waals surface area contributed by atoms with E-state index in [0.29, 0.717) is 0 Å². The van der Waals surface area contributed by atoms with Crippen LogP contribution in [-0.2, 0) is 11.2 Å². The largest absolute Gasteiger partial charge is 0.508 e. The van der Waals surface area contributed by atoms with Crippen molar-refractivity contribution in [2.45, 2.75) is 12.5 Å². The highest BCUT2D eigenvalue weighted by Crippen LogP contribution is 2.10. The maximum Gasteiger partial charge on any atom is 0.246 e. The molecule has 70 valence electrons. The number of nitrogens with two attached hydrogens (primary N) is 1. The van der Waals surface area contributed by atoms with Crippen LogP contribution >= 0.6 is 0 Å². The molecule has 0 spiro atoms. The molecule has 0 radical (unpaired) electrons. The molecule has 1 aromatic rings. The van der Waals surface area contributed by atoms with E-state index in [-0.39, 0.29) is 12.2 Å². The van der Waals surface area contributed by atoms with Gasteiger partial charge in [0.15, 0.2) is 0 Å². The molecular formula is C9H11NO3. The second-order valence-corrected chi connectivity index (χ2v) is 2.79. The summed E-state index contributed by atoms with van der Waals surface area (Å²) < 4.78 is 0. The zero-order valence-corrected chi connectivity index (χ0v) is 6.97. The second-order valence-electron chi connectivity index (χ2n) is 2.79. The molecule has 0 aliphatic rings. The summed E-state index contributed by atoms with van der Waals surface area (Å²) in [6.45, 7) is 0. The van der Waals surface area contributed by atoms with E-state index in [1.807, 2.05) is 0 Å². The van der Waals surface area contributed by atoms with Gasteiger partial charge in [-0.1, -0.05) is 12.1 Å². The topological polar surface area (TPSA) is 83.6 Å². The van der Waals surface area contributed by atoms with Crippen molar-refractivity contribution < 1.29 is 15.0 Å². The van der Waals surface area contributed by atoms with Gasteiger partial charge in [-0.3, -0.25) is 4.79 Å². The highest BCUT2D eigenvalue weighted by molar-refractivity contribution is 5.78. The smallest absolute Gasteiger partial charge is 0.246 e. The van der Waals surface area contributed by atoms with Crippen molar-refractivity contribution in [2.24, 2.45) is 5.73 Å². The number of primary amides is 1. The first-order valence-electron chi connectivity index (χ1n) is 3.85. The van der Waals surface area contributed by atoms with E-state index in [1.165, 1.54) is 12.1 Å². The number of aromatic hydroxyl groups is 1. The predicted molar refractivity (Wildman–Crippen MR) is 47.0 cm³/mol. The molecule has 0 aromatic heterocycles. The van der Waals surface area contributed by atoms with Crippen LogP contribution in [0.1, 0.15) is 5.56 Å². The molecule has 13 heavy (non-hydrogen) atoms. The van der Waals surface area contributed by atoms with Gasteiger partial charge >= 0.3 is 0 Å². The van der Waals surface area contributed by atoms with E-state index in [0.717, 1.165) is 5.56 Å². The van der Waals surface area contributed by atoms with Crippen LogP contribution in [-0.4, -0.2) is 22.2 Å². The molecule has 1 amide bonds. The summed E-state index contributed by atoms with van der Waals surface area (Å²) in [7, 11) is 0. The Morgan fingerprint density at radius 1 is 1.38 bits per heavy atom. The molecule has 0 bridgehead atoms. The lowest BCUT2D eigenvalue weighted by molar-refractivity contribution is -0.125. The maximum atomic E-state index is 10.5. The summed E-state index contributed by atoms with van der Waals surface area (Å²) in [6.07, 6.45) is -0.986. The average molecular weight is 181 g/mol. The molecule has 1 atom stereocenters. The molecule has 1 rings (SSSR count). The molecular weight excluding hydrogens is 170 g/mol. The summed E-state index contributed by atoms with van der Waals surface area (Å²) in [5.74, 6) is -0.592. The number of carbonyl (C=O) groups excluding carboxylic acids is 1. The molecule has 0 saturated heterocycles. The van der Waals surface area contributed by atoms with Crippen molar-refractivity contribution in [1.82, 2.24) is 0 Å². The quantitative estimate of drug-likeness (QED) is 0.602. The molecule has 4 N–H and O–H groups in total. The fourth-order valence-corrected chi connectivity index (χ4v) is 0.956. The van der Waals surface area contributed by atoms with Gasteiger partial charge in [0.05, 0.1) is 0 Å². The Morgan fingerprint density at radius 2 is 1.92 bits per heavy atom. The first-order chi connectivity index (χ1) is 6.09. The van der Waals surface area contributed by atoms with Crippen molar-refractivity contribution in [2.75, 3.05) is 0 Å². The van der Waals surface area contributed by atoms with Crippen LogP contribution in [0.2, 0.25) is 0 Å². The summed E-state index contributed by atoms with van der Waals surface area (Å²) in [6, 6.07) is 6.23. The predicted octanol–water partition coefficient (Wildman–Crippen LogP) is -0.219. The minimum Gasteiger partial charge on any atom is -0.508 e. The zero-order valence-electron chi connectivity index (χ0n) is 6.97. The number of hydrogen-bond acceptors (Lipinski definition) is 3. The Balaban J connectivity index is 2.64. The van der Waals surface area contributed by atoms with Crippen LogP contribution in [0.5, 0.6) is 5.75 Å². The first-order valence-corrected chi connectivity index (χ1v) is 3.85. The van der Waals surface area contributed by atoms with Gasteiger partial charge in [0, 0.05) is 6.42 Å². The van der Waals surface area contributed by atoms with Crippen molar-refractivity contribution in [3.05, 3.63) is 29.8 Å². The van der Waals surface area contributed by atoms with Gasteiger partial charge in [0.25, 0.3) is 0 Å². The third-order valence-electron chi connectivity index (χ3n) is 1.69. The minimum atomic E-state index is -1.16. The lowest BCUT2D eigenvalue weighted by atomic mass is 10.1. The Hall–Kier alpha value is -1.55. The molecule has 0 heterocycles. The van der Waals surface area contributed by atoms with E-state index in [4.69, 9.17) is 15.9 Å². The number of phenols is 1. The normalized spacial score (nSPS) is 12.4. The molecule has 4 heteroatoms. The molecule has 0 aliphatic heterocycles. The van der Waals surface area contributed by atoms with Gasteiger partial charge in [-0.25, -0.2) is 0 Å². The van der Waals surface area contributed by atoms with Crippen LogP contribution < -0.4 is 5.73 Å². The van der Waals surface area contributed by atoms with Gasteiger partial charge in [0.2, 0.25) is 5.91 Å². The lowest BCUT2D eigenvalue weighted by Crippen LogP contribution is -2.29. The van der Waals surface area contributed by atoms with Gasteiger partial charge in [0.1, 0.15) is 11.9 Å². The Morgan fingerprint density at radius 3 is 2.38 bits per heavy atom. The molecule has 4 nitrogen and oxygen atoms in total. The number of hydrogen-bond donors (Lipinski definition) is 3. The molecule has 0 aliphatic carbocycles. The Bertz CT molecular complexity index is 294. The fraction of sp³-hybridized carbons (Fsp3) is 0.222. The first kappa shape index (κ1) is 9.54. The Kier molecular flexibility index (Phi) is 2.87. The standard InChI is InChI=1S/C9H11NO3/c10-9(13)8(12)5-6-1-3-7(11)4-2-6/h1-4,8,11-12H,5H2,(H2,10,13)/t8-/m1/s1. The van der Waals surface area contributed by atoms with Crippen LogP contribution in [0.3, 0.4) is 0 Å². The molecule has 1 aromatic carbocycles. The van der Waals surface area contributed by atoms with Crippen LogP contribution in [0.25, 0.3) is 0 Å². The van der Waals surface area contributed by atoms with E-state index >= 15 is 0 Å². The van der Waals surface area contributed by atoms with Gasteiger partial charge < -0.3 is 15.9 Å². The summed E-state index contributed by atoms with van der Waals surface area (Å²) in [4.78, 5) is 10.5. The van der Waals surface area contributed by atoms with E-state index < -0.39 is 12.0 Å². The minimum absolute atomic E-state index is 0.150. The van der Waals surface area contributed by atoms with Crippen molar-refractivity contribution in [3.8, 4) is 5.75 Å². The second kappa shape index (κ2) is 3.91. The summed E-state index contributed by atoms with van der Waals surface area (Å²) in [5, 5.41) is 18.1. The van der Waals surface area contributed by atoms with E-state index in [1.54, 1.807) is 12.1 Å². The zero-order chi connectivity index (χ0) is 9.84. The van der Waals surface area contributed by atoms with Crippen molar-refractivity contribution in [1.29, 1.82) is 0 Å². The van der Waals surface area contributed by atoms with Gasteiger partial charge in [-0.2, -0.15) is 0 Å². The maximum absolute atomic E-state index is 10.5. The summed E-state index contributed by atoms with van der Waals surface area (Å²) >= 11 is 0. The van der Waals surface area contributed by atoms with E-state index in [9.17, 15) is 4.79 Å². The van der Waals surface area contributed by atoms with E-state index in [2.05, 4.69) is 0 Å². The van der Waals surface area contributed by atoms with Gasteiger partial charge in [-0.15, -0.1) is 0 Å². The van der Waals surface area contributed by atoms with Crippen molar-refractivity contribution >= 4 is 5.91 Å². The lowest BCUT2D eigenvalue weighted by Gasteiger charge is -2.05. The number of benzene rings is 1. The highest BCUT2D eigenvalue weighted by Gasteiger charge is 2.10. The number of rotatable bonds is 3. The monoisotopic (exact) mass is 181 g/mol. The number of amides is 1. The number of aliphatic hydroxyl groups is 1. The third kappa shape index (κ3) is 2.76. The molecule has 0 unspecified atom stereocenters. The number of aliphatic hydroxyl groups excluding tert-OH is 1. The molecule has 0 saturated carbocycles. The third-order valence-corrected chi connectivity index (χ3v) is 1.69. The van der Waals surface area contributed by atoms with Crippen LogP contribution in [0.4, 0.5) is 0 Å². The molecule has 0 fully saturated rings. The van der Waals surface area contributed by atoms with Crippen LogP contribution in [0, 0.1) is 0 Å². The SMILES string of the molecule is NC(=O)[C@H](O)Cc1ccc(O)cc1. The summed E-state index contributed by atoms with van der Waals surface area (Å²) in [5.41, 5.74) is 5.63. The van der Waals surface area contributed by atoms with Crippen LogP contribution in [0.15, 0.2) is 24.3 Å². The fourth-order valence-electron chi connectivity index (χ4n) is 0.956.